The van der Waals surface area contributed by atoms with Crippen LogP contribution in [-0.4, -0.2) is 51.3 Å². The van der Waals surface area contributed by atoms with Crippen molar-refractivity contribution >= 4 is 5.91 Å². The van der Waals surface area contributed by atoms with Gasteiger partial charge < -0.3 is 14.8 Å². The van der Waals surface area contributed by atoms with E-state index in [-0.39, 0.29) is 23.6 Å². The fourth-order valence-corrected chi connectivity index (χ4v) is 5.05. The van der Waals surface area contributed by atoms with Gasteiger partial charge in [0.25, 0.3) is 11.1 Å². The van der Waals surface area contributed by atoms with E-state index in [4.69, 9.17) is 0 Å². The summed E-state index contributed by atoms with van der Waals surface area (Å²) in [6.45, 7) is 3.71. The molecule has 0 radical (unpaired) electrons. The van der Waals surface area contributed by atoms with Gasteiger partial charge in [0.1, 0.15) is 6.54 Å². The minimum Gasteiger partial charge on any atom is -0.353 e. The molecule has 33 heavy (non-hydrogen) atoms. The highest BCUT2D eigenvalue weighted by Crippen LogP contribution is 2.34. The van der Waals surface area contributed by atoms with E-state index in [0.29, 0.717) is 24.1 Å². The average molecular weight is 446 g/mol. The van der Waals surface area contributed by atoms with Crippen LogP contribution in [0.25, 0.3) is 11.3 Å². The SMILES string of the molecule is O=C(Cn1nc(-c2ccccc2)ccc1=O)NCCN1CC2CC(C1)c1cccc(=O)n1C2. The Morgan fingerprint density at radius 2 is 1.79 bits per heavy atom. The third kappa shape index (κ3) is 4.66. The summed E-state index contributed by atoms with van der Waals surface area (Å²) in [5.41, 5.74) is 2.45. The highest BCUT2D eigenvalue weighted by Gasteiger charge is 2.34. The standard InChI is InChI=1S/C25H27N5O3/c31-23(17-30-25(33)10-9-21(27-30)19-5-2-1-3-6-19)26-11-12-28-14-18-13-20(16-28)22-7-4-8-24(32)29(22)15-18/h1-10,18,20H,11-17H2,(H,26,31). The number of piperidine rings is 1. The Kier molecular flexibility index (Phi) is 5.92. The van der Waals surface area contributed by atoms with Crippen LogP contribution in [0.5, 0.6) is 0 Å². The molecular weight excluding hydrogens is 418 g/mol. The first kappa shape index (κ1) is 21.3. The van der Waals surface area contributed by atoms with Crippen molar-refractivity contribution in [2.45, 2.75) is 25.4 Å². The van der Waals surface area contributed by atoms with Gasteiger partial charge in [0.05, 0.1) is 5.69 Å². The summed E-state index contributed by atoms with van der Waals surface area (Å²) in [6, 6.07) is 18.2. The third-order valence-electron chi connectivity index (χ3n) is 6.54. The Morgan fingerprint density at radius 3 is 2.64 bits per heavy atom. The van der Waals surface area contributed by atoms with E-state index in [1.165, 1.54) is 10.7 Å². The van der Waals surface area contributed by atoms with Crippen molar-refractivity contribution in [1.82, 2.24) is 24.6 Å². The smallest absolute Gasteiger partial charge is 0.267 e. The molecule has 5 rings (SSSR count). The minimum absolute atomic E-state index is 0.0862. The van der Waals surface area contributed by atoms with Crippen LogP contribution in [0.3, 0.4) is 0 Å². The first-order chi connectivity index (χ1) is 16.1. The van der Waals surface area contributed by atoms with Crippen molar-refractivity contribution in [2.75, 3.05) is 26.2 Å². The minimum atomic E-state index is -0.303. The number of benzene rings is 1. The van der Waals surface area contributed by atoms with Gasteiger partial charge in [-0.15, -0.1) is 0 Å². The molecule has 0 spiro atoms. The molecule has 1 amide bonds. The highest BCUT2D eigenvalue weighted by molar-refractivity contribution is 5.75. The van der Waals surface area contributed by atoms with Crippen molar-refractivity contribution in [3.05, 3.63) is 87.1 Å². The fraction of sp³-hybridized carbons (Fsp3) is 0.360. The van der Waals surface area contributed by atoms with Crippen molar-refractivity contribution in [3.63, 3.8) is 0 Å². The van der Waals surface area contributed by atoms with Crippen LogP contribution in [0.15, 0.2) is 70.3 Å². The van der Waals surface area contributed by atoms with Crippen LogP contribution in [0.2, 0.25) is 0 Å². The van der Waals surface area contributed by atoms with Crippen LogP contribution in [0, 0.1) is 5.92 Å². The molecule has 2 aliphatic heterocycles. The molecule has 0 saturated carbocycles. The third-order valence-corrected chi connectivity index (χ3v) is 6.54. The molecule has 8 heteroatoms. The maximum absolute atomic E-state index is 12.5. The van der Waals surface area contributed by atoms with E-state index in [0.717, 1.165) is 43.9 Å². The second kappa shape index (κ2) is 9.15. The molecule has 2 bridgehead atoms. The number of fused-ring (bicyclic) bond motifs is 4. The Balaban J connectivity index is 1.16. The van der Waals surface area contributed by atoms with Gasteiger partial charge in [0.2, 0.25) is 5.91 Å². The van der Waals surface area contributed by atoms with Gasteiger partial charge in [-0.05, 0) is 24.5 Å². The first-order valence-corrected chi connectivity index (χ1v) is 11.4. The van der Waals surface area contributed by atoms with Gasteiger partial charge in [0.15, 0.2) is 0 Å². The number of amides is 1. The summed E-state index contributed by atoms with van der Waals surface area (Å²) in [5, 5.41) is 7.28. The van der Waals surface area contributed by atoms with Crippen molar-refractivity contribution < 1.29 is 4.79 Å². The summed E-state index contributed by atoms with van der Waals surface area (Å²) >= 11 is 0. The number of carbonyl (C=O) groups is 1. The lowest BCUT2D eigenvalue weighted by molar-refractivity contribution is -0.122. The predicted octanol–water partition coefficient (Wildman–Crippen LogP) is 1.31. The van der Waals surface area contributed by atoms with E-state index < -0.39 is 0 Å². The number of nitrogens with one attached hydrogen (secondary N) is 1. The van der Waals surface area contributed by atoms with Crippen LogP contribution >= 0.6 is 0 Å². The van der Waals surface area contributed by atoms with Gasteiger partial charge in [-0.1, -0.05) is 36.4 Å². The molecule has 170 valence electrons. The highest BCUT2D eigenvalue weighted by atomic mass is 16.2. The van der Waals surface area contributed by atoms with Crippen LogP contribution < -0.4 is 16.4 Å². The zero-order chi connectivity index (χ0) is 22.8. The molecule has 1 aromatic carbocycles. The molecular formula is C25H27N5O3. The Bertz CT molecular complexity index is 1270. The molecule has 1 fully saturated rings. The first-order valence-electron chi connectivity index (χ1n) is 11.4. The van der Waals surface area contributed by atoms with Gasteiger partial charge in [-0.2, -0.15) is 5.10 Å². The zero-order valence-electron chi connectivity index (χ0n) is 18.4. The number of pyridine rings is 1. The zero-order valence-corrected chi connectivity index (χ0v) is 18.4. The molecule has 1 N–H and O–H groups in total. The predicted molar refractivity (Wildman–Crippen MR) is 125 cm³/mol. The van der Waals surface area contributed by atoms with E-state index in [2.05, 4.69) is 21.4 Å². The number of hydrogen-bond acceptors (Lipinski definition) is 5. The van der Waals surface area contributed by atoms with E-state index in [1.807, 2.05) is 41.0 Å². The van der Waals surface area contributed by atoms with Gasteiger partial charge in [0, 0.05) is 62.0 Å². The largest absolute Gasteiger partial charge is 0.353 e. The van der Waals surface area contributed by atoms with Crippen molar-refractivity contribution in [3.8, 4) is 11.3 Å². The topological polar surface area (TPSA) is 89.2 Å². The maximum Gasteiger partial charge on any atom is 0.267 e. The van der Waals surface area contributed by atoms with Crippen LogP contribution in [0.4, 0.5) is 0 Å². The number of rotatable bonds is 6. The second-order valence-corrected chi connectivity index (χ2v) is 8.89. The Hall–Kier alpha value is -3.52. The lowest BCUT2D eigenvalue weighted by Gasteiger charge is -2.42. The van der Waals surface area contributed by atoms with E-state index >= 15 is 0 Å². The molecule has 0 aliphatic carbocycles. The summed E-state index contributed by atoms with van der Waals surface area (Å²) in [5.74, 6) is 0.574. The maximum atomic E-state index is 12.5. The van der Waals surface area contributed by atoms with Gasteiger partial charge >= 0.3 is 0 Å². The van der Waals surface area contributed by atoms with Crippen molar-refractivity contribution in [2.24, 2.45) is 5.92 Å². The molecule has 2 aliphatic rings. The molecule has 2 atom stereocenters. The van der Waals surface area contributed by atoms with E-state index in [1.54, 1.807) is 12.1 Å². The summed E-state index contributed by atoms with van der Waals surface area (Å²) in [6.07, 6.45) is 1.11. The van der Waals surface area contributed by atoms with Crippen LogP contribution in [0.1, 0.15) is 18.0 Å². The van der Waals surface area contributed by atoms with Crippen molar-refractivity contribution in [1.29, 1.82) is 0 Å². The van der Waals surface area contributed by atoms with Crippen LogP contribution in [-0.2, 0) is 17.9 Å². The van der Waals surface area contributed by atoms with Gasteiger partial charge in [-0.25, -0.2) is 4.68 Å². The number of nitrogens with zero attached hydrogens (tertiary/aromatic N) is 4. The molecule has 1 saturated heterocycles. The number of likely N-dealkylation sites (tertiary alicyclic amines) is 1. The lowest BCUT2D eigenvalue weighted by Crippen LogP contribution is -2.49. The van der Waals surface area contributed by atoms with Gasteiger partial charge in [-0.3, -0.25) is 14.4 Å². The average Bonchev–Trinajstić information content (AvgIpc) is 2.82. The lowest BCUT2D eigenvalue weighted by atomic mass is 9.83. The summed E-state index contributed by atoms with van der Waals surface area (Å²) < 4.78 is 3.13. The molecule has 8 nitrogen and oxygen atoms in total. The quantitative estimate of drug-likeness (QED) is 0.618. The normalized spacial score (nSPS) is 19.6. The monoisotopic (exact) mass is 445 g/mol. The fourth-order valence-electron chi connectivity index (χ4n) is 5.05. The summed E-state index contributed by atoms with van der Waals surface area (Å²) in [4.78, 5) is 39.2. The van der Waals surface area contributed by atoms with E-state index in [9.17, 15) is 14.4 Å². The number of aromatic nitrogens is 3. The molecule has 2 aromatic heterocycles. The Morgan fingerprint density at radius 1 is 0.939 bits per heavy atom. The Labute approximate surface area is 191 Å². The molecule has 2 unspecified atom stereocenters. The number of carbonyl (C=O) groups excluding carboxylic acids is 1. The molecule has 3 aromatic rings. The molecule has 4 heterocycles. The number of hydrogen-bond donors (Lipinski definition) is 1. The summed E-state index contributed by atoms with van der Waals surface area (Å²) in [7, 11) is 0. The second-order valence-electron chi connectivity index (χ2n) is 8.89.